The molecule has 0 unspecified atom stereocenters. The molecule has 1 aromatic heterocycles. The lowest BCUT2D eigenvalue weighted by atomic mass is 9.73. The fourth-order valence-electron chi connectivity index (χ4n) is 4.20. The SMILES string of the molecule is C/C(=C\c1csc(CO)n1)[C@@H]1CC/C=C\CC[C@H](C)[C@H](O)[C@@H](C)C(=O)C(C)(C)[C@@H](O)CC(=O)O1. The predicted molar refractivity (Wildman–Crippen MR) is 133 cm³/mol. The third kappa shape index (κ3) is 7.57. The molecular formula is C26H39NO6S. The van der Waals surface area contributed by atoms with Crippen LogP contribution in [0.4, 0.5) is 0 Å². The molecule has 1 aliphatic heterocycles. The topological polar surface area (TPSA) is 117 Å². The van der Waals surface area contributed by atoms with Crippen molar-refractivity contribution in [3.63, 3.8) is 0 Å². The molecule has 1 aromatic rings. The Balaban J connectivity index is 2.27. The number of Topliss-reactive ketones (excluding diaryl/α,β-unsaturated/α-hetero) is 1. The number of aliphatic hydroxyl groups is 3. The van der Waals surface area contributed by atoms with Crippen LogP contribution in [0.3, 0.4) is 0 Å². The number of ether oxygens (including phenoxy) is 1. The summed E-state index contributed by atoms with van der Waals surface area (Å²) >= 11 is 1.36. The normalized spacial score (nSPS) is 31.2. The second-order valence-electron chi connectivity index (χ2n) is 9.88. The second kappa shape index (κ2) is 12.7. The van der Waals surface area contributed by atoms with E-state index in [4.69, 9.17) is 4.74 Å². The van der Waals surface area contributed by atoms with E-state index in [9.17, 15) is 24.9 Å². The summed E-state index contributed by atoms with van der Waals surface area (Å²) in [5.41, 5.74) is 0.295. The number of aliphatic hydroxyl groups excluding tert-OH is 3. The number of cyclic esters (lactones) is 1. The average molecular weight is 494 g/mol. The number of hydrogen-bond acceptors (Lipinski definition) is 8. The van der Waals surface area contributed by atoms with Gasteiger partial charge < -0.3 is 20.1 Å². The molecule has 0 radical (unpaired) electrons. The first-order valence-corrected chi connectivity index (χ1v) is 12.8. The lowest BCUT2D eigenvalue weighted by Crippen LogP contribution is -2.45. The number of allylic oxidation sites excluding steroid dienone is 2. The van der Waals surface area contributed by atoms with Crippen molar-refractivity contribution >= 4 is 29.2 Å². The van der Waals surface area contributed by atoms with E-state index >= 15 is 0 Å². The molecule has 0 saturated heterocycles. The van der Waals surface area contributed by atoms with Gasteiger partial charge in [0, 0.05) is 11.3 Å². The van der Waals surface area contributed by atoms with Crippen LogP contribution in [0, 0.1) is 17.3 Å². The third-order valence-electron chi connectivity index (χ3n) is 6.75. The summed E-state index contributed by atoms with van der Waals surface area (Å²) in [4.78, 5) is 30.2. The van der Waals surface area contributed by atoms with Gasteiger partial charge in [-0.2, -0.15) is 0 Å². The van der Waals surface area contributed by atoms with Crippen molar-refractivity contribution in [2.75, 3.05) is 0 Å². The Morgan fingerprint density at radius 1 is 1.21 bits per heavy atom. The molecule has 1 aliphatic rings. The van der Waals surface area contributed by atoms with Crippen molar-refractivity contribution in [1.82, 2.24) is 4.98 Å². The molecule has 0 spiro atoms. The third-order valence-corrected chi connectivity index (χ3v) is 7.60. The molecule has 3 N–H and O–H groups in total. The van der Waals surface area contributed by atoms with Gasteiger partial charge in [-0.05, 0) is 50.2 Å². The zero-order valence-electron chi connectivity index (χ0n) is 20.9. The summed E-state index contributed by atoms with van der Waals surface area (Å²) in [6.07, 6.45) is 5.83. The first kappa shape index (κ1) is 28.4. The maximum Gasteiger partial charge on any atom is 0.309 e. The fourth-order valence-corrected chi connectivity index (χ4v) is 4.81. The van der Waals surface area contributed by atoms with Crippen molar-refractivity contribution in [3.8, 4) is 0 Å². The molecular weight excluding hydrogens is 454 g/mol. The molecule has 8 heteroatoms. The number of ketones is 1. The van der Waals surface area contributed by atoms with Gasteiger partial charge in [0.05, 0.1) is 36.3 Å². The van der Waals surface area contributed by atoms with Crippen LogP contribution in [-0.4, -0.2) is 50.4 Å². The van der Waals surface area contributed by atoms with Crippen LogP contribution in [0.1, 0.15) is 77.4 Å². The smallest absolute Gasteiger partial charge is 0.309 e. The number of rotatable bonds is 3. The van der Waals surface area contributed by atoms with E-state index in [0.29, 0.717) is 23.5 Å². The van der Waals surface area contributed by atoms with Crippen LogP contribution in [0.5, 0.6) is 0 Å². The second-order valence-corrected chi connectivity index (χ2v) is 10.8. The highest BCUT2D eigenvalue weighted by Gasteiger charge is 2.42. The molecule has 7 nitrogen and oxygen atoms in total. The van der Waals surface area contributed by atoms with E-state index in [2.05, 4.69) is 11.1 Å². The molecule has 0 aromatic carbocycles. The van der Waals surface area contributed by atoms with E-state index in [-0.39, 0.29) is 24.7 Å². The highest BCUT2D eigenvalue weighted by atomic mass is 32.1. The van der Waals surface area contributed by atoms with Crippen molar-refractivity contribution in [2.24, 2.45) is 17.3 Å². The Bertz CT molecular complexity index is 890. The quantitative estimate of drug-likeness (QED) is 0.429. The highest BCUT2D eigenvalue weighted by Crippen LogP contribution is 2.32. The minimum atomic E-state index is -1.24. The van der Waals surface area contributed by atoms with Crippen LogP contribution in [0.15, 0.2) is 23.1 Å². The van der Waals surface area contributed by atoms with Gasteiger partial charge in [-0.15, -0.1) is 11.3 Å². The zero-order chi connectivity index (χ0) is 25.5. The standard InChI is InChI=1S/C26H39NO6S/c1-16-10-8-6-7-9-11-20(17(2)12-19-15-34-22(14-28)27-19)33-23(30)13-21(29)26(4,5)25(32)18(3)24(16)31/h6-7,12,15-16,18,20-21,24,28-29,31H,8-11,13-14H2,1-5H3/b7-6-,17-12+/t16-,18+,20-,21-,24-/m0/s1. The summed E-state index contributed by atoms with van der Waals surface area (Å²) in [7, 11) is 0. The number of hydrogen-bond donors (Lipinski definition) is 3. The Labute approximate surface area is 206 Å². The van der Waals surface area contributed by atoms with Crippen molar-refractivity contribution in [2.45, 2.75) is 91.6 Å². The van der Waals surface area contributed by atoms with Crippen LogP contribution in [0.25, 0.3) is 6.08 Å². The molecule has 0 fully saturated rings. The first-order valence-electron chi connectivity index (χ1n) is 12.0. The summed E-state index contributed by atoms with van der Waals surface area (Å²) < 4.78 is 5.75. The Morgan fingerprint density at radius 3 is 2.47 bits per heavy atom. The summed E-state index contributed by atoms with van der Waals surface area (Å²) in [6.45, 7) is 8.57. The lowest BCUT2D eigenvalue weighted by Gasteiger charge is -2.34. The molecule has 2 rings (SSSR count). The van der Waals surface area contributed by atoms with Crippen molar-refractivity contribution in [3.05, 3.63) is 33.8 Å². The first-order chi connectivity index (χ1) is 16.0. The molecule has 0 amide bonds. The largest absolute Gasteiger partial charge is 0.458 e. The van der Waals surface area contributed by atoms with Gasteiger partial charge in [-0.3, -0.25) is 9.59 Å². The molecule has 34 heavy (non-hydrogen) atoms. The molecule has 0 saturated carbocycles. The van der Waals surface area contributed by atoms with Crippen LogP contribution in [-0.2, 0) is 20.9 Å². The zero-order valence-corrected chi connectivity index (χ0v) is 21.7. The lowest BCUT2D eigenvalue weighted by molar-refractivity contribution is -0.154. The Morgan fingerprint density at radius 2 is 1.85 bits per heavy atom. The number of aromatic nitrogens is 1. The maximum absolute atomic E-state index is 13.1. The molecule has 2 heterocycles. The average Bonchev–Trinajstić information content (AvgIpc) is 3.25. The molecule has 190 valence electrons. The van der Waals surface area contributed by atoms with Gasteiger partial charge in [0.2, 0.25) is 0 Å². The monoisotopic (exact) mass is 493 g/mol. The number of carbonyl (C=O) groups is 2. The van der Waals surface area contributed by atoms with Gasteiger partial charge in [-0.1, -0.05) is 39.8 Å². The van der Waals surface area contributed by atoms with Gasteiger partial charge in [-0.25, -0.2) is 4.98 Å². The number of nitrogens with zero attached hydrogens (tertiary/aromatic N) is 1. The van der Waals surface area contributed by atoms with E-state index in [1.54, 1.807) is 20.8 Å². The summed E-state index contributed by atoms with van der Waals surface area (Å²) in [5, 5.41) is 33.2. The number of esters is 1. The van der Waals surface area contributed by atoms with Crippen LogP contribution < -0.4 is 0 Å². The van der Waals surface area contributed by atoms with E-state index < -0.39 is 35.6 Å². The molecule has 5 atom stereocenters. The van der Waals surface area contributed by atoms with Crippen LogP contribution >= 0.6 is 11.3 Å². The maximum atomic E-state index is 13.1. The van der Waals surface area contributed by atoms with Gasteiger partial charge in [0.25, 0.3) is 0 Å². The number of thiazole rings is 1. The van der Waals surface area contributed by atoms with Crippen molar-refractivity contribution in [1.29, 1.82) is 0 Å². The molecule has 0 bridgehead atoms. The predicted octanol–water partition coefficient (Wildman–Crippen LogP) is 4.06. The highest BCUT2D eigenvalue weighted by molar-refractivity contribution is 7.09. The minimum absolute atomic E-state index is 0.0748. The Hall–Kier alpha value is -1.87. The summed E-state index contributed by atoms with van der Waals surface area (Å²) in [5.74, 6) is -1.59. The summed E-state index contributed by atoms with van der Waals surface area (Å²) in [6, 6.07) is 0. The van der Waals surface area contributed by atoms with Gasteiger partial charge in [0.1, 0.15) is 16.9 Å². The minimum Gasteiger partial charge on any atom is -0.458 e. The van der Waals surface area contributed by atoms with Gasteiger partial charge >= 0.3 is 5.97 Å². The molecule has 0 aliphatic carbocycles. The van der Waals surface area contributed by atoms with E-state index in [1.165, 1.54) is 11.3 Å². The Kier molecular flexibility index (Phi) is 10.6. The van der Waals surface area contributed by atoms with E-state index in [1.807, 2.05) is 31.4 Å². The van der Waals surface area contributed by atoms with Crippen molar-refractivity contribution < 1.29 is 29.6 Å². The van der Waals surface area contributed by atoms with Crippen LogP contribution in [0.2, 0.25) is 0 Å². The number of carbonyl (C=O) groups excluding carboxylic acids is 2. The van der Waals surface area contributed by atoms with Gasteiger partial charge in [0.15, 0.2) is 0 Å². The fraction of sp³-hybridized carbons (Fsp3) is 0.654. The van der Waals surface area contributed by atoms with E-state index in [0.717, 1.165) is 18.4 Å².